The number of nitro groups is 1. The van der Waals surface area contributed by atoms with E-state index in [-0.39, 0.29) is 37.4 Å². The summed E-state index contributed by atoms with van der Waals surface area (Å²) >= 11 is 3.74. The minimum Gasteiger partial charge on any atom is -0.506 e. The third-order valence-corrected chi connectivity index (χ3v) is 8.15. The fourth-order valence-corrected chi connectivity index (χ4v) is 5.79. The van der Waals surface area contributed by atoms with Gasteiger partial charge in [-0.1, -0.05) is 6.92 Å². The fourth-order valence-electron chi connectivity index (χ4n) is 5.03. The lowest BCUT2D eigenvalue weighted by molar-refractivity contribution is -0.384. The zero-order valence-electron chi connectivity index (χ0n) is 25.7. The first kappa shape index (κ1) is 37.5. The molecule has 0 aromatic heterocycles. The molecule has 1 aliphatic rings. The van der Waals surface area contributed by atoms with Crippen molar-refractivity contribution in [2.75, 3.05) is 18.4 Å². The Kier molecular flexibility index (Phi) is 13.8. The van der Waals surface area contributed by atoms with Crippen molar-refractivity contribution in [1.29, 1.82) is 0 Å². The lowest BCUT2D eigenvalue weighted by Gasteiger charge is -2.28. The smallest absolute Gasteiger partial charge is 0.410 e. The lowest BCUT2D eigenvalue weighted by Crippen LogP contribution is -2.43. The van der Waals surface area contributed by atoms with Gasteiger partial charge in [0.25, 0.3) is 15.8 Å². The number of benzene rings is 2. The van der Waals surface area contributed by atoms with E-state index in [9.17, 15) is 42.6 Å². The van der Waals surface area contributed by atoms with Gasteiger partial charge in [0.15, 0.2) is 5.12 Å². The van der Waals surface area contributed by atoms with Gasteiger partial charge in [0.2, 0.25) is 5.91 Å². The van der Waals surface area contributed by atoms with Gasteiger partial charge < -0.3 is 15.2 Å². The number of amides is 2. The molecule has 1 aliphatic heterocycles. The number of nitrogens with zero attached hydrogens (tertiary/aromatic N) is 3. The molecule has 0 unspecified atom stereocenters. The molecule has 1 saturated heterocycles. The van der Waals surface area contributed by atoms with Crippen LogP contribution in [0.3, 0.4) is 0 Å². The Balaban J connectivity index is 0.000000681. The van der Waals surface area contributed by atoms with Crippen LogP contribution in [0.15, 0.2) is 47.4 Å². The SMILES string of the molecule is CCN(C(C)C)C(C)C.O=C(S)C[C@@H]1C[C@@H](C(=O)Nc2cc(S(=O)(=O)O)ccc2O)N(C(=O)OCc2ccc([N+](=O)[O-])cc2)C1. The number of ether oxygens (including phenoxy) is 1. The van der Waals surface area contributed by atoms with Crippen LogP contribution in [0.5, 0.6) is 5.75 Å². The van der Waals surface area contributed by atoms with Crippen LogP contribution < -0.4 is 5.32 Å². The molecule has 0 radical (unpaired) electrons. The average molecular weight is 669 g/mol. The summed E-state index contributed by atoms with van der Waals surface area (Å²) in [5.74, 6) is -1.70. The maximum absolute atomic E-state index is 13.0. The molecule has 3 rings (SSSR count). The largest absolute Gasteiger partial charge is 0.506 e. The molecule has 1 fully saturated rings. The number of phenolic OH excluding ortho intramolecular Hbond substituents is 1. The highest BCUT2D eigenvalue weighted by Gasteiger charge is 2.41. The van der Waals surface area contributed by atoms with Crippen LogP contribution in [-0.4, -0.2) is 81.1 Å². The predicted octanol–water partition coefficient (Wildman–Crippen LogP) is 4.48. The Hall–Kier alpha value is -3.73. The zero-order valence-corrected chi connectivity index (χ0v) is 27.5. The lowest BCUT2D eigenvalue weighted by atomic mass is 10.0. The minimum absolute atomic E-state index is 0.0134. The molecular formula is C29H40N4O10S2. The Morgan fingerprint density at radius 3 is 2.20 bits per heavy atom. The summed E-state index contributed by atoms with van der Waals surface area (Å²) in [5.41, 5.74) is 0.00756. The Morgan fingerprint density at radius 2 is 1.73 bits per heavy atom. The van der Waals surface area contributed by atoms with Crippen molar-refractivity contribution in [3.8, 4) is 5.75 Å². The molecule has 248 valence electrons. The number of hydrogen-bond donors (Lipinski definition) is 4. The molecule has 0 bridgehead atoms. The number of anilines is 1. The van der Waals surface area contributed by atoms with E-state index in [1.54, 1.807) is 0 Å². The molecule has 16 heteroatoms. The van der Waals surface area contributed by atoms with E-state index in [0.29, 0.717) is 17.6 Å². The predicted molar refractivity (Wildman–Crippen MR) is 170 cm³/mol. The quantitative estimate of drug-likeness (QED) is 0.0866. The third kappa shape index (κ3) is 11.3. The van der Waals surface area contributed by atoms with E-state index in [1.807, 2.05) is 0 Å². The van der Waals surface area contributed by atoms with Gasteiger partial charge in [-0.2, -0.15) is 8.42 Å². The maximum atomic E-state index is 13.0. The van der Waals surface area contributed by atoms with E-state index < -0.39 is 54.8 Å². The summed E-state index contributed by atoms with van der Waals surface area (Å²) in [5, 5.41) is 22.7. The normalized spacial score (nSPS) is 16.4. The minimum atomic E-state index is -4.61. The molecule has 0 aliphatic carbocycles. The van der Waals surface area contributed by atoms with Gasteiger partial charge in [-0.15, -0.1) is 12.6 Å². The zero-order chi connectivity index (χ0) is 34.1. The molecular weight excluding hydrogens is 628 g/mol. The monoisotopic (exact) mass is 668 g/mol. The van der Waals surface area contributed by atoms with Crippen LogP contribution in [0.2, 0.25) is 0 Å². The van der Waals surface area contributed by atoms with Crippen molar-refractivity contribution < 1.29 is 42.1 Å². The molecule has 14 nitrogen and oxygen atoms in total. The summed E-state index contributed by atoms with van der Waals surface area (Å²) < 4.78 is 37.2. The van der Waals surface area contributed by atoms with Crippen molar-refractivity contribution in [3.63, 3.8) is 0 Å². The van der Waals surface area contributed by atoms with Crippen LogP contribution in [0.4, 0.5) is 16.2 Å². The fraction of sp³-hybridized carbons (Fsp3) is 0.483. The summed E-state index contributed by atoms with van der Waals surface area (Å²) in [6.07, 6.45) is -0.856. The third-order valence-electron chi connectivity index (χ3n) is 7.11. The second kappa shape index (κ2) is 16.5. The number of non-ortho nitro benzene ring substituents is 1. The highest BCUT2D eigenvalue weighted by Crippen LogP contribution is 2.31. The summed E-state index contributed by atoms with van der Waals surface area (Å²) in [6, 6.07) is 8.31. The standard InChI is InChI=1S/C21H21N3O10S2.C8H19N/c25-18-6-5-15(36(31,32)33)9-16(18)22-20(27)17-7-13(8-19(26)35)10-23(17)21(28)34-11-12-1-3-14(4-2-12)24(29)30;1-6-9(7(2)3)8(4)5/h1-6,9,13,17,25H,7-8,10-11H2,(H,22,27)(H,26,35)(H,31,32,33);7-8H,6H2,1-5H3/t13-,17-;/m0./s1. The summed E-state index contributed by atoms with van der Waals surface area (Å²) in [4.78, 5) is 50.4. The number of thiol groups is 1. The van der Waals surface area contributed by atoms with Crippen molar-refractivity contribution in [2.45, 2.75) is 77.1 Å². The van der Waals surface area contributed by atoms with Crippen molar-refractivity contribution >= 4 is 51.2 Å². The second-order valence-corrected chi connectivity index (χ2v) is 12.9. The van der Waals surface area contributed by atoms with Gasteiger partial charge in [0, 0.05) is 37.2 Å². The summed E-state index contributed by atoms with van der Waals surface area (Å²) in [7, 11) is -4.61. The van der Waals surface area contributed by atoms with E-state index in [4.69, 9.17) is 4.74 Å². The molecule has 2 amide bonds. The van der Waals surface area contributed by atoms with Crippen molar-refractivity contribution in [2.24, 2.45) is 5.92 Å². The van der Waals surface area contributed by atoms with E-state index in [1.165, 1.54) is 24.3 Å². The second-order valence-electron chi connectivity index (χ2n) is 11.0. The average Bonchev–Trinajstić information content (AvgIpc) is 3.36. The number of hydrogen-bond acceptors (Lipinski definition) is 10. The van der Waals surface area contributed by atoms with Crippen LogP contribution in [0, 0.1) is 16.0 Å². The number of nitrogens with one attached hydrogen (secondary N) is 1. The van der Waals surface area contributed by atoms with Gasteiger partial charge in [-0.3, -0.25) is 34.1 Å². The van der Waals surface area contributed by atoms with E-state index in [0.717, 1.165) is 29.6 Å². The Bertz CT molecular complexity index is 1460. The van der Waals surface area contributed by atoms with Gasteiger partial charge in [-0.25, -0.2) is 4.79 Å². The number of phenols is 1. The maximum Gasteiger partial charge on any atom is 0.410 e. The van der Waals surface area contributed by atoms with Crippen molar-refractivity contribution in [3.05, 3.63) is 58.1 Å². The Morgan fingerprint density at radius 1 is 1.13 bits per heavy atom. The number of nitro benzene ring substituents is 1. The number of aromatic hydroxyl groups is 1. The van der Waals surface area contributed by atoms with E-state index in [2.05, 4.69) is 57.5 Å². The topological polar surface area (TPSA) is 197 Å². The van der Waals surface area contributed by atoms with Crippen LogP contribution in [0.25, 0.3) is 0 Å². The van der Waals surface area contributed by atoms with Crippen molar-refractivity contribution in [1.82, 2.24) is 9.80 Å². The number of carbonyl (C=O) groups excluding carboxylic acids is 3. The van der Waals surface area contributed by atoms with Crippen LogP contribution in [-0.2, 0) is 31.1 Å². The molecule has 2 aromatic carbocycles. The summed E-state index contributed by atoms with van der Waals surface area (Å²) in [6.45, 7) is 12.1. The molecule has 0 spiro atoms. The van der Waals surface area contributed by atoms with E-state index >= 15 is 0 Å². The molecule has 3 N–H and O–H groups in total. The number of rotatable bonds is 11. The van der Waals surface area contributed by atoms with Gasteiger partial charge >= 0.3 is 6.09 Å². The molecule has 45 heavy (non-hydrogen) atoms. The first-order valence-corrected chi connectivity index (χ1v) is 16.1. The Labute approximate surface area is 268 Å². The highest BCUT2D eigenvalue weighted by molar-refractivity contribution is 7.96. The van der Waals surface area contributed by atoms with Crippen LogP contribution >= 0.6 is 12.6 Å². The highest BCUT2D eigenvalue weighted by atomic mass is 32.2. The molecule has 2 aromatic rings. The first-order chi connectivity index (χ1) is 20.9. The van der Waals surface area contributed by atoms with Gasteiger partial charge in [0.05, 0.1) is 15.5 Å². The van der Waals surface area contributed by atoms with Gasteiger partial charge in [0.1, 0.15) is 18.4 Å². The van der Waals surface area contributed by atoms with Crippen LogP contribution in [0.1, 0.15) is 53.0 Å². The number of likely N-dealkylation sites (tertiary alicyclic amines) is 1. The molecule has 1 heterocycles. The first-order valence-electron chi connectivity index (χ1n) is 14.2. The number of carbonyl (C=O) groups is 3. The molecule has 2 atom stereocenters. The molecule has 0 saturated carbocycles. The van der Waals surface area contributed by atoms with Gasteiger partial charge in [-0.05, 0) is 82.5 Å².